The summed E-state index contributed by atoms with van der Waals surface area (Å²) in [6.45, 7) is 3.24. The van der Waals surface area contributed by atoms with Crippen LogP contribution in [0.4, 0.5) is 13.2 Å². The summed E-state index contributed by atoms with van der Waals surface area (Å²) in [5.41, 5.74) is -1.56. The first-order chi connectivity index (χ1) is 13.7. The van der Waals surface area contributed by atoms with Gasteiger partial charge in [-0.15, -0.1) is 0 Å². The van der Waals surface area contributed by atoms with Crippen molar-refractivity contribution < 1.29 is 31.9 Å². The predicted octanol–water partition coefficient (Wildman–Crippen LogP) is 4.81. The van der Waals surface area contributed by atoms with Gasteiger partial charge in [-0.1, -0.05) is 30.3 Å². The number of alkyl halides is 3. The quantitative estimate of drug-likeness (QED) is 0.569. The number of rotatable bonds is 5. The van der Waals surface area contributed by atoms with Crippen LogP contribution in [0, 0.1) is 0 Å². The molecule has 0 spiro atoms. The number of fused-ring (bicyclic) bond motifs is 1. The molecular formula is C21H17F3O5. The lowest BCUT2D eigenvalue weighted by Crippen LogP contribution is -2.26. The third-order valence-corrected chi connectivity index (χ3v) is 4.12. The summed E-state index contributed by atoms with van der Waals surface area (Å²) in [5.74, 6) is -1.94. The van der Waals surface area contributed by atoms with Gasteiger partial charge in [-0.2, -0.15) is 13.2 Å². The Bertz CT molecular complexity index is 1090. The molecule has 29 heavy (non-hydrogen) atoms. The first-order valence-electron chi connectivity index (χ1n) is 8.79. The first-order valence-corrected chi connectivity index (χ1v) is 8.79. The second-order valence-corrected chi connectivity index (χ2v) is 6.17. The lowest BCUT2D eigenvalue weighted by Gasteiger charge is -2.15. The Morgan fingerprint density at radius 1 is 1.14 bits per heavy atom. The summed E-state index contributed by atoms with van der Waals surface area (Å²) >= 11 is 0. The minimum absolute atomic E-state index is 0.0343. The molecule has 0 amide bonds. The number of halogens is 3. The topological polar surface area (TPSA) is 65.7 Å². The van der Waals surface area contributed by atoms with Crippen LogP contribution in [0.15, 0.2) is 57.7 Å². The van der Waals surface area contributed by atoms with E-state index in [-0.39, 0.29) is 28.9 Å². The molecule has 3 aromatic rings. The molecule has 1 aromatic heterocycles. The minimum Gasteiger partial charge on any atom is -0.479 e. The normalized spacial score (nSPS) is 12.6. The molecule has 0 aliphatic rings. The highest BCUT2D eigenvalue weighted by atomic mass is 19.4. The van der Waals surface area contributed by atoms with E-state index in [1.54, 1.807) is 13.0 Å². The van der Waals surface area contributed by atoms with Gasteiger partial charge in [-0.3, -0.25) is 4.79 Å². The average molecular weight is 406 g/mol. The first kappa shape index (κ1) is 20.4. The minimum atomic E-state index is -4.88. The molecule has 8 heteroatoms. The molecule has 3 rings (SSSR count). The van der Waals surface area contributed by atoms with Gasteiger partial charge in [0.2, 0.25) is 11.2 Å². The monoisotopic (exact) mass is 406 g/mol. The number of hydrogen-bond donors (Lipinski definition) is 0. The second kappa shape index (κ2) is 7.98. The van der Waals surface area contributed by atoms with Crippen molar-refractivity contribution >= 4 is 16.9 Å². The fourth-order valence-corrected chi connectivity index (χ4v) is 2.83. The molecular weight excluding hydrogens is 389 g/mol. The number of esters is 1. The number of benzene rings is 2. The van der Waals surface area contributed by atoms with E-state index < -0.39 is 35.0 Å². The molecule has 0 saturated carbocycles. The molecule has 0 unspecified atom stereocenters. The molecule has 152 valence electrons. The zero-order valence-corrected chi connectivity index (χ0v) is 15.6. The van der Waals surface area contributed by atoms with Crippen LogP contribution in [0.2, 0.25) is 0 Å². The Hall–Kier alpha value is -3.29. The van der Waals surface area contributed by atoms with Crippen molar-refractivity contribution in [2.75, 3.05) is 6.61 Å². The molecule has 1 atom stereocenters. The van der Waals surface area contributed by atoms with Crippen LogP contribution in [0.25, 0.3) is 22.1 Å². The third kappa shape index (κ3) is 4.26. The van der Waals surface area contributed by atoms with Crippen molar-refractivity contribution in [2.24, 2.45) is 0 Å². The molecule has 0 aliphatic heterocycles. The van der Waals surface area contributed by atoms with E-state index in [4.69, 9.17) is 13.9 Å². The van der Waals surface area contributed by atoms with Crippen LogP contribution in [0.1, 0.15) is 19.6 Å². The smallest absolute Gasteiger partial charge is 0.450 e. The van der Waals surface area contributed by atoms with Crippen molar-refractivity contribution in [3.8, 4) is 16.9 Å². The number of carbonyl (C=O) groups is 1. The van der Waals surface area contributed by atoms with Crippen LogP contribution in [0.3, 0.4) is 0 Å². The van der Waals surface area contributed by atoms with E-state index in [1.165, 1.54) is 43.3 Å². The van der Waals surface area contributed by atoms with Gasteiger partial charge in [0, 0.05) is 6.07 Å². The summed E-state index contributed by atoms with van der Waals surface area (Å²) in [7, 11) is 0. The molecule has 0 N–H and O–H groups in total. The van der Waals surface area contributed by atoms with Gasteiger partial charge in [-0.25, -0.2) is 4.79 Å². The predicted molar refractivity (Wildman–Crippen MR) is 99.6 cm³/mol. The number of hydrogen-bond acceptors (Lipinski definition) is 5. The van der Waals surface area contributed by atoms with E-state index in [0.29, 0.717) is 0 Å². The highest BCUT2D eigenvalue weighted by molar-refractivity contribution is 5.84. The van der Waals surface area contributed by atoms with Gasteiger partial charge in [0.1, 0.15) is 11.3 Å². The van der Waals surface area contributed by atoms with Crippen LogP contribution < -0.4 is 10.2 Å². The van der Waals surface area contributed by atoms with Crippen LogP contribution in [0.5, 0.6) is 5.75 Å². The Morgan fingerprint density at radius 2 is 1.83 bits per heavy atom. The van der Waals surface area contributed by atoms with Gasteiger partial charge in [-0.05, 0) is 31.5 Å². The lowest BCUT2D eigenvalue weighted by molar-refractivity contribution is -0.152. The van der Waals surface area contributed by atoms with E-state index >= 15 is 0 Å². The molecule has 0 aliphatic carbocycles. The molecule has 1 heterocycles. The maximum absolute atomic E-state index is 13.6. The fraction of sp³-hybridized carbons (Fsp3) is 0.238. The molecule has 0 bridgehead atoms. The third-order valence-electron chi connectivity index (χ3n) is 4.12. The SMILES string of the molecule is CCOC(=O)[C@@H](C)Oc1ccc2c(=O)c(-c3ccccc3)c(C(F)(F)F)oc2c1. The molecule has 0 radical (unpaired) electrons. The number of carbonyl (C=O) groups excluding carboxylic acids is 1. The average Bonchev–Trinajstić information content (AvgIpc) is 2.67. The second-order valence-electron chi connectivity index (χ2n) is 6.17. The van der Waals surface area contributed by atoms with E-state index in [1.807, 2.05) is 0 Å². The molecule has 0 fully saturated rings. The van der Waals surface area contributed by atoms with Crippen LogP contribution >= 0.6 is 0 Å². The maximum atomic E-state index is 13.6. The van der Waals surface area contributed by atoms with Gasteiger partial charge in [0.15, 0.2) is 6.10 Å². The Labute approximate surface area is 163 Å². The highest BCUT2D eigenvalue weighted by Gasteiger charge is 2.39. The molecule has 2 aromatic carbocycles. The van der Waals surface area contributed by atoms with Gasteiger partial charge < -0.3 is 13.9 Å². The zero-order valence-electron chi connectivity index (χ0n) is 15.6. The van der Waals surface area contributed by atoms with Crippen molar-refractivity contribution in [2.45, 2.75) is 26.1 Å². The molecule has 0 saturated heterocycles. The maximum Gasteiger partial charge on any atom is 0.450 e. The largest absolute Gasteiger partial charge is 0.479 e. The zero-order chi connectivity index (χ0) is 21.2. The Kier molecular flexibility index (Phi) is 5.63. The van der Waals surface area contributed by atoms with E-state index in [2.05, 4.69) is 0 Å². The Balaban J connectivity index is 2.13. The van der Waals surface area contributed by atoms with Gasteiger partial charge in [0.25, 0.3) is 0 Å². The van der Waals surface area contributed by atoms with Crippen molar-refractivity contribution in [1.82, 2.24) is 0 Å². The van der Waals surface area contributed by atoms with Gasteiger partial charge in [0.05, 0.1) is 17.6 Å². The Morgan fingerprint density at radius 3 is 2.45 bits per heavy atom. The van der Waals surface area contributed by atoms with Crippen molar-refractivity contribution in [1.29, 1.82) is 0 Å². The van der Waals surface area contributed by atoms with E-state index in [9.17, 15) is 22.8 Å². The van der Waals surface area contributed by atoms with Crippen LogP contribution in [-0.4, -0.2) is 18.7 Å². The standard InChI is InChI=1S/C21H17F3O5/c1-3-27-20(26)12(2)28-14-9-10-15-16(11-14)29-19(21(22,23)24)17(18(15)25)13-7-5-4-6-8-13/h4-12H,3H2,1-2H3/t12-/m1/s1. The van der Waals surface area contributed by atoms with Crippen molar-refractivity contribution in [3.05, 3.63) is 64.5 Å². The number of ether oxygens (including phenoxy) is 2. The highest BCUT2D eigenvalue weighted by Crippen LogP contribution is 2.37. The molecule has 5 nitrogen and oxygen atoms in total. The lowest BCUT2D eigenvalue weighted by atomic mass is 10.0. The van der Waals surface area contributed by atoms with Crippen LogP contribution in [-0.2, 0) is 15.7 Å². The summed E-state index contributed by atoms with van der Waals surface area (Å²) in [6.07, 6.45) is -5.86. The summed E-state index contributed by atoms with van der Waals surface area (Å²) in [4.78, 5) is 24.5. The van der Waals surface area contributed by atoms with Gasteiger partial charge >= 0.3 is 12.1 Å². The summed E-state index contributed by atoms with van der Waals surface area (Å²) < 4.78 is 56.2. The van der Waals surface area contributed by atoms with Crippen molar-refractivity contribution in [3.63, 3.8) is 0 Å². The summed E-state index contributed by atoms with van der Waals surface area (Å²) in [6, 6.07) is 11.4. The fourth-order valence-electron chi connectivity index (χ4n) is 2.83. The van der Waals surface area contributed by atoms with E-state index in [0.717, 1.165) is 6.07 Å². The summed E-state index contributed by atoms with van der Waals surface area (Å²) in [5, 5.41) is -0.0343.